The van der Waals surface area contributed by atoms with Crippen LogP contribution in [-0.4, -0.2) is 47.4 Å². The van der Waals surface area contributed by atoms with Crippen LogP contribution in [0.15, 0.2) is 12.2 Å². The van der Waals surface area contributed by atoms with Crippen molar-refractivity contribution in [2.24, 2.45) is 0 Å². The predicted molar refractivity (Wildman–Crippen MR) is 315 cm³/mol. The van der Waals surface area contributed by atoms with Crippen LogP contribution in [-0.2, 0) is 14.3 Å². The largest absolute Gasteiger partial charge is 0.466 e. The normalized spacial score (nSPS) is 12.6. The molecular formula is C66H129NO5. The maximum absolute atomic E-state index is 12.4. The van der Waals surface area contributed by atoms with Crippen molar-refractivity contribution in [3.8, 4) is 0 Å². The Morgan fingerprint density at radius 2 is 0.653 bits per heavy atom. The van der Waals surface area contributed by atoms with Crippen LogP contribution in [0, 0.1) is 0 Å². The van der Waals surface area contributed by atoms with Gasteiger partial charge in [-0.2, -0.15) is 0 Å². The minimum absolute atomic E-state index is 0.0205. The Morgan fingerprint density at radius 3 is 0.986 bits per heavy atom. The number of amides is 1. The average molecular weight is 1020 g/mol. The number of allylic oxidation sites excluding steroid dienone is 2. The first kappa shape index (κ1) is 70.6. The van der Waals surface area contributed by atoms with E-state index in [1.165, 1.54) is 302 Å². The van der Waals surface area contributed by atoms with Gasteiger partial charge in [-0.1, -0.05) is 321 Å². The third-order valence-corrected chi connectivity index (χ3v) is 15.6. The average Bonchev–Trinajstić information content (AvgIpc) is 3.38. The third-order valence-electron chi connectivity index (χ3n) is 15.6. The molecule has 3 N–H and O–H groups in total. The number of ether oxygens (including phenoxy) is 1. The van der Waals surface area contributed by atoms with Gasteiger partial charge in [0.15, 0.2) is 0 Å². The predicted octanol–water partition coefficient (Wildman–Crippen LogP) is 20.8. The van der Waals surface area contributed by atoms with Gasteiger partial charge in [-0.05, 0) is 51.4 Å². The zero-order valence-electron chi connectivity index (χ0n) is 48.9. The number of nitrogens with one attached hydrogen (secondary N) is 1. The van der Waals surface area contributed by atoms with Crippen LogP contribution in [0.4, 0.5) is 0 Å². The van der Waals surface area contributed by atoms with E-state index in [4.69, 9.17) is 4.74 Å². The van der Waals surface area contributed by atoms with Gasteiger partial charge in [0.1, 0.15) is 0 Å². The van der Waals surface area contributed by atoms with Crippen LogP contribution in [0.5, 0.6) is 0 Å². The molecule has 72 heavy (non-hydrogen) atoms. The molecule has 0 aliphatic carbocycles. The second-order valence-corrected chi connectivity index (χ2v) is 22.8. The maximum atomic E-state index is 12.4. The topological polar surface area (TPSA) is 95.9 Å². The number of aliphatic hydroxyl groups is 2. The van der Waals surface area contributed by atoms with Crippen LogP contribution < -0.4 is 5.32 Å². The first-order valence-corrected chi connectivity index (χ1v) is 32.9. The summed E-state index contributed by atoms with van der Waals surface area (Å²) in [5.74, 6) is -0.0122. The van der Waals surface area contributed by atoms with Gasteiger partial charge in [-0.15, -0.1) is 0 Å². The summed E-state index contributed by atoms with van der Waals surface area (Å²) in [6.45, 7) is 4.97. The molecule has 0 spiro atoms. The fraction of sp³-hybridized carbons (Fsp3) is 0.939. The lowest BCUT2D eigenvalue weighted by molar-refractivity contribution is -0.143. The maximum Gasteiger partial charge on any atom is 0.305 e. The Bertz CT molecular complexity index is 1080. The lowest BCUT2D eigenvalue weighted by Gasteiger charge is -2.22. The number of carbonyl (C=O) groups excluding carboxylic acids is 2. The molecule has 0 aromatic heterocycles. The van der Waals surface area contributed by atoms with E-state index in [2.05, 4.69) is 31.3 Å². The first-order valence-electron chi connectivity index (χ1n) is 32.9. The monoisotopic (exact) mass is 1020 g/mol. The summed E-state index contributed by atoms with van der Waals surface area (Å²) in [6, 6.07) is -0.537. The molecule has 2 unspecified atom stereocenters. The Kier molecular flexibility index (Phi) is 60.9. The Balaban J connectivity index is 3.32. The zero-order chi connectivity index (χ0) is 52.2. The minimum atomic E-state index is -0.660. The van der Waals surface area contributed by atoms with Gasteiger partial charge >= 0.3 is 5.97 Å². The van der Waals surface area contributed by atoms with Crippen molar-refractivity contribution in [1.29, 1.82) is 0 Å². The van der Waals surface area contributed by atoms with E-state index in [0.717, 1.165) is 38.5 Å². The van der Waals surface area contributed by atoms with Gasteiger partial charge in [0.2, 0.25) is 5.91 Å². The van der Waals surface area contributed by atoms with Gasteiger partial charge in [0, 0.05) is 12.8 Å². The van der Waals surface area contributed by atoms with Crippen molar-refractivity contribution >= 4 is 11.9 Å². The number of hydrogen-bond acceptors (Lipinski definition) is 5. The molecule has 0 heterocycles. The quantitative estimate of drug-likeness (QED) is 0.0320. The van der Waals surface area contributed by atoms with Crippen LogP contribution in [0.25, 0.3) is 0 Å². The molecule has 0 bridgehead atoms. The van der Waals surface area contributed by atoms with E-state index >= 15 is 0 Å². The summed E-state index contributed by atoms with van der Waals surface area (Å²) < 4.78 is 5.49. The van der Waals surface area contributed by atoms with E-state index in [9.17, 15) is 19.8 Å². The highest BCUT2D eigenvalue weighted by Gasteiger charge is 2.20. The number of aliphatic hydroxyl groups excluding tert-OH is 2. The van der Waals surface area contributed by atoms with Crippen molar-refractivity contribution in [2.45, 2.75) is 386 Å². The molecule has 6 nitrogen and oxygen atoms in total. The molecule has 428 valence electrons. The molecule has 1 amide bonds. The number of unbranched alkanes of at least 4 members (excludes halogenated alkanes) is 49. The van der Waals surface area contributed by atoms with Gasteiger partial charge in [0.25, 0.3) is 0 Å². The SMILES string of the molecule is CCCCCCCCCCCCCCCCC(=O)OCCCCCCCCCCCCCC/C=C\CCCCCCCCCCCCCCCCCC(=O)NC(CO)C(O)CCCCCCCCCCCC. The second-order valence-electron chi connectivity index (χ2n) is 22.8. The summed E-state index contributed by atoms with van der Waals surface area (Å²) in [6.07, 6.45) is 75.4. The zero-order valence-corrected chi connectivity index (χ0v) is 48.9. The highest BCUT2D eigenvalue weighted by atomic mass is 16.5. The molecule has 0 radical (unpaired) electrons. The summed E-state index contributed by atoms with van der Waals surface area (Å²) in [5.41, 5.74) is 0. The van der Waals surface area contributed by atoms with Gasteiger partial charge in [0.05, 0.1) is 25.4 Å². The summed E-state index contributed by atoms with van der Waals surface area (Å²) in [7, 11) is 0. The first-order chi connectivity index (χ1) is 35.5. The van der Waals surface area contributed by atoms with E-state index < -0.39 is 12.1 Å². The van der Waals surface area contributed by atoms with Gasteiger partial charge in [-0.25, -0.2) is 0 Å². The van der Waals surface area contributed by atoms with Crippen LogP contribution in [0.1, 0.15) is 373 Å². The highest BCUT2D eigenvalue weighted by Crippen LogP contribution is 2.18. The molecule has 0 aromatic carbocycles. The number of esters is 1. The highest BCUT2D eigenvalue weighted by molar-refractivity contribution is 5.76. The molecule has 0 saturated heterocycles. The lowest BCUT2D eigenvalue weighted by atomic mass is 10.0. The minimum Gasteiger partial charge on any atom is -0.466 e. The molecule has 0 fully saturated rings. The molecule has 2 atom stereocenters. The second kappa shape index (κ2) is 62.1. The standard InChI is InChI=1S/C66H129NO5/c1-3-5-7-9-11-13-15-16-37-40-44-48-52-56-60-66(71)72-61-57-53-49-45-41-38-35-33-31-29-27-25-23-21-19-17-18-20-22-24-26-28-30-32-34-36-39-43-47-51-55-59-65(70)67-63(62-68)64(69)58-54-50-46-42-14-12-10-8-6-4-2/h19,21,63-64,68-69H,3-18,20,22-62H2,1-2H3,(H,67,70)/b21-19-. The number of carbonyl (C=O) groups is 2. The van der Waals surface area contributed by atoms with Crippen LogP contribution >= 0.6 is 0 Å². The van der Waals surface area contributed by atoms with Gasteiger partial charge in [-0.3, -0.25) is 9.59 Å². The summed E-state index contributed by atoms with van der Waals surface area (Å²) in [5, 5.41) is 23.2. The van der Waals surface area contributed by atoms with Crippen LogP contribution in [0.3, 0.4) is 0 Å². The Morgan fingerprint density at radius 1 is 0.375 bits per heavy atom. The molecule has 0 saturated carbocycles. The summed E-state index contributed by atoms with van der Waals surface area (Å²) in [4.78, 5) is 24.5. The fourth-order valence-electron chi connectivity index (χ4n) is 10.5. The van der Waals surface area contributed by atoms with E-state index in [0.29, 0.717) is 25.9 Å². The molecule has 0 aromatic rings. The molecule has 6 heteroatoms. The number of hydrogen-bond donors (Lipinski definition) is 3. The van der Waals surface area contributed by atoms with E-state index in [1.54, 1.807) is 0 Å². The molecule has 0 rings (SSSR count). The van der Waals surface area contributed by atoms with Crippen LogP contribution in [0.2, 0.25) is 0 Å². The molecular weight excluding hydrogens is 887 g/mol. The lowest BCUT2D eigenvalue weighted by Crippen LogP contribution is -2.45. The molecule has 0 aliphatic heterocycles. The Hall–Kier alpha value is -1.40. The van der Waals surface area contributed by atoms with E-state index in [-0.39, 0.29) is 18.5 Å². The molecule has 0 aliphatic rings. The smallest absolute Gasteiger partial charge is 0.305 e. The van der Waals surface area contributed by atoms with Crippen molar-refractivity contribution in [3.63, 3.8) is 0 Å². The van der Waals surface area contributed by atoms with Crippen molar-refractivity contribution < 1.29 is 24.5 Å². The Labute approximate surface area is 450 Å². The third kappa shape index (κ3) is 57.9. The number of rotatable bonds is 62. The van der Waals surface area contributed by atoms with Gasteiger partial charge < -0.3 is 20.3 Å². The van der Waals surface area contributed by atoms with Crippen molar-refractivity contribution in [3.05, 3.63) is 12.2 Å². The van der Waals surface area contributed by atoms with Crippen molar-refractivity contribution in [2.75, 3.05) is 13.2 Å². The van der Waals surface area contributed by atoms with Crippen molar-refractivity contribution in [1.82, 2.24) is 5.32 Å². The van der Waals surface area contributed by atoms with E-state index in [1.807, 2.05) is 0 Å². The summed E-state index contributed by atoms with van der Waals surface area (Å²) >= 11 is 0. The fourth-order valence-corrected chi connectivity index (χ4v) is 10.5.